The third-order valence-electron chi connectivity index (χ3n) is 2.76. The summed E-state index contributed by atoms with van der Waals surface area (Å²) in [6, 6.07) is 0. The number of carbonyl (C=O) groups is 1. The lowest BCUT2D eigenvalue weighted by atomic mass is 9.82. The maximum atomic E-state index is 11.3. The van der Waals surface area contributed by atoms with Gasteiger partial charge in [0.25, 0.3) is 0 Å². The molecule has 0 atom stereocenters. The number of oxazole rings is 1. The lowest BCUT2D eigenvalue weighted by Crippen LogP contribution is -2.37. The number of esters is 1. The van der Waals surface area contributed by atoms with E-state index < -0.39 is 5.97 Å². The summed E-state index contributed by atoms with van der Waals surface area (Å²) in [5, 5.41) is 0. The highest BCUT2D eigenvalue weighted by Gasteiger charge is 2.31. The highest BCUT2D eigenvalue weighted by atomic mass is 16.6. The molecule has 1 aromatic heterocycles. The highest BCUT2D eigenvalue weighted by molar-refractivity contribution is 5.86. The summed E-state index contributed by atoms with van der Waals surface area (Å²) in [6.45, 7) is 2.72. The van der Waals surface area contributed by atoms with Crippen LogP contribution in [0.5, 0.6) is 6.08 Å². The van der Waals surface area contributed by atoms with E-state index in [0.717, 1.165) is 12.8 Å². The molecular weight excluding hydrogens is 224 g/mol. The average molecular weight is 240 g/mol. The Morgan fingerprint density at radius 1 is 1.65 bits per heavy atom. The Labute approximate surface area is 99.1 Å². The van der Waals surface area contributed by atoms with Crippen LogP contribution in [0, 0.1) is 5.92 Å². The molecule has 0 saturated heterocycles. The van der Waals surface area contributed by atoms with Gasteiger partial charge in [-0.1, -0.05) is 0 Å². The van der Waals surface area contributed by atoms with Crippen molar-refractivity contribution in [1.82, 2.24) is 4.98 Å². The summed E-state index contributed by atoms with van der Waals surface area (Å²) in [5.74, 6) is 0.0269. The molecule has 2 N–H and O–H groups in total. The summed E-state index contributed by atoms with van der Waals surface area (Å²) in [7, 11) is 0. The molecule has 17 heavy (non-hydrogen) atoms. The van der Waals surface area contributed by atoms with Gasteiger partial charge >= 0.3 is 12.0 Å². The number of rotatable bonds is 5. The van der Waals surface area contributed by atoms with Crippen LogP contribution >= 0.6 is 0 Å². The van der Waals surface area contributed by atoms with Gasteiger partial charge in [0.2, 0.25) is 0 Å². The second-order valence-electron chi connectivity index (χ2n) is 4.03. The van der Waals surface area contributed by atoms with Crippen molar-refractivity contribution in [1.29, 1.82) is 0 Å². The molecule has 6 heteroatoms. The van der Waals surface area contributed by atoms with Gasteiger partial charge in [-0.3, -0.25) is 0 Å². The first kappa shape index (κ1) is 11.9. The second-order valence-corrected chi connectivity index (χ2v) is 4.03. The first-order valence-electron chi connectivity index (χ1n) is 5.72. The van der Waals surface area contributed by atoms with E-state index in [1.54, 1.807) is 6.92 Å². The molecule has 0 radical (unpaired) electrons. The first-order chi connectivity index (χ1) is 8.22. The van der Waals surface area contributed by atoms with E-state index in [1.807, 2.05) is 0 Å². The van der Waals surface area contributed by atoms with Crippen molar-refractivity contribution < 1.29 is 18.7 Å². The predicted molar refractivity (Wildman–Crippen MR) is 58.7 cm³/mol. The number of hydrogen-bond acceptors (Lipinski definition) is 6. The molecule has 0 aromatic carbocycles. The first-order valence-corrected chi connectivity index (χ1v) is 5.72. The molecule has 0 unspecified atom stereocenters. The summed E-state index contributed by atoms with van der Waals surface area (Å²) < 4.78 is 15.3. The van der Waals surface area contributed by atoms with Gasteiger partial charge in [0.1, 0.15) is 12.4 Å². The average Bonchev–Trinajstić information content (AvgIpc) is 2.71. The molecule has 0 amide bonds. The zero-order chi connectivity index (χ0) is 12.3. The molecule has 6 nitrogen and oxygen atoms in total. The van der Waals surface area contributed by atoms with Gasteiger partial charge < -0.3 is 19.6 Å². The summed E-state index contributed by atoms with van der Waals surface area (Å²) in [4.78, 5) is 15.2. The van der Waals surface area contributed by atoms with E-state index in [4.69, 9.17) is 19.6 Å². The van der Waals surface area contributed by atoms with Crippen LogP contribution in [0.2, 0.25) is 0 Å². The quantitative estimate of drug-likeness (QED) is 0.771. The molecule has 1 aliphatic carbocycles. The number of ether oxygens (including phenoxy) is 2. The minimum Gasteiger partial charge on any atom is -0.461 e. The molecule has 1 aliphatic rings. The third kappa shape index (κ3) is 2.76. The largest absolute Gasteiger partial charge is 0.461 e. The minimum absolute atomic E-state index is 0.0947. The van der Waals surface area contributed by atoms with Crippen LogP contribution in [0.25, 0.3) is 0 Å². The van der Waals surface area contributed by atoms with Gasteiger partial charge in [0.05, 0.1) is 6.61 Å². The fraction of sp³-hybridized carbons (Fsp3) is 0.636. The zero-order valence-electron chi connectivity index (χ0n) is 9.72. The zero-order valence-corrected chi connectivity index (χ0v) is 9.72. The number of nitrogens with two attached hydrogens (primary N) is 1. The molecule has 1 fully saturated rings. The van der Waals surface area contributed by atoms with E-state index in [1.165, 1.54) is 6.26 Å². The van der Waals surface area contributed by atoms with E-state index in [-0.39, 0.29) is 17.9 Å². The Morgan fingerprint density at radius 3 is 3.06 bits per heavy atom. The summed E-state index contributed by atoms with van der Waals surface area (Å²) in [5.41, 5.74) is 5.65. The van der Waals surface area contributed by atoms with E-state index in [0.29, 0.717) is 19.1 Å². The molecule has 0 aliphatic heterocycles. The fourth-order valence-electron chi connectivity index (χ4n) is 1.72. The topological polar surface area (TPSA) is 87.6 Å². The molecular formula is C11H16N2O4. The normalized spacial score (nSPS) is 22.9. The van der Waals surface area contributed by atoms with Crippen molar-refractivity contribution in [3.8, 4) is 6.08 Å². The number of hydrogen-bond donors (Lipinski definition) is 1. The number of nitrogens with zero attached hydrogens (tertiary/aromatic N) is 1. The lowest BCUT2D eigenvalue weighted by molar-refractivity contribution is 0.0419. The van der Waals surface area contributed by atoms with Crippen molar-refractivity contribution in [3.63, 3.8) is 0 Å². The van der Waals surface area contributed by atoms with Crippen LogP contribution < -0.4 is 10.5 Å². The standard InChI is InChI=1S/C11H16N2O4/c1-2-15-10(14)9-6-16-11(13-9)17-8-3-7(4-8)5-12/h6-8H,2-5,12H2,1H3. The van der Waals surface area contributed by atoms with Crippen LogP contribution in [-0.2, 0) is 4.74 Å². The van der Waals surface area contributed by atoms with Crippen LogP contribution in [0.3, 0.4) is 0 Å². The smallest absolute Gasteiger partial charge is 0.394 e. The van der Waals surface area contributed by atoms with Crippen molar-refractivity contribution in [2.75, 3.05) is 13.2 Å². The molecule has 0 spiro atoms. The third-order valence-corrected chi connectivity index (χ3v) is 2.76. The second kappa shape index (κ2) is 5.18. The van der Waals surface area contributed by atoms with Crippen molar-refractivity contribution in [2.24, 2.45) is 11.7 Å². The monoisotopic (exact) mass is 240 g/mol. The molecule has 94 valence electrons. The Hall–Kier alpha value is -1.56. The Bertz CT molecular complexity index is 385. The molecule has 1 aromatic rings. The van der Waals surface area contributed by atoms with Gasteiger partial charge in [-0.05, 0) is 32.2 Å². The Morgan fingerprint density at radius 2 is 2.41 bits per heavy atom. The summed E-state index contributed by atoms with van der Waals surface area (Å²) in [6.07, 6.45) is 3.28. The fourth-order valence-corrected chi connectivity index (χ4v) is 1.72. The van der Waals surface area contributed by atoms with Crippen molar-refractivity contribution >= 4 is 5.97 Å². The molecule has 1 saturated carbocycles. The van der Waals surface area contributed by atoms with Crippen LogP contribution in [0.1, 0.15) is 30.3 Å². The summed E-state index contributed by atoms with van der Waals surface area (Å²) >= 11 is 0. The minimum atomic E-state index is -0.500. The molecule has 2 rings (SSSR count). The van der Waals surface area contributed by atoms with Gasteiger partial charge in [-0.15, -0.1) is 0 Å². The van der Waals surface area contributed by atoms with E-state index in [9.17, 15) is 4.79 Å². The number of aromatic nitrogens is 1. The Kier molecular flexibility index (Phi) is 3.63. The van der Waals surface area contributed by atoms with Gasteiger partial charge in [-0.25, -0.2) is 4.79 Å². The highest BCUT2D eigenvalue weighted by Crippen LogP contribution is 2.30. The van der Waals surface area contributed by atoms with Crippen molar-refractivity contribution in [3.05, 3.63) is 12.0 Å². The maximum absolute atomic E-state index is 11.3. The lowest BCUT2D eigenvalue weighted by Gasteiger charge is -2.32. The van der Waals surface area contributed by atoms with E-state index >= 15 is 0 Å². The van der Waals surface area contributed by atoms with E-state index in [2.05, 4.69) is 4.98 Å². The molecule has 0 bridgehead atoms. The molecule has 1 heterocycles. The maximum Gasteiger partial charge on any atom is 0.394 e. The van der Waals surface area contributed by atoms with Crippen LogP contribution in [0.15, 0.2) is 10.7 Å². The Balaban J connectivity index is 1.84. The van der Waals surface area contributed by atoms with Gasteiger partial charge in [0, 0.05) is 0 Å². The predicted octanol–water partition coefficient (Wildman–Crippen LogP) is 0.967. The van der Waals surface area contributed by atoms with Gasteiger partial charge in [0.15, 0.2) is 5.69 Å². The number of carbonyl (C=O) groups excluding carboxylic acids is 1. The van der Waals surface area contributed by atoms with Crippen molar-refractivity contribution in [2.45, 2.75) is 25.9 Å². The van der Waals surface area contributed by atoms with Gasteiger partial charge in [-0.2, -0.15) is 4.98 Å². The van der Waals surface area contributed by atoms with Crippen LogP contribution in [-0.4, -0.2) is 30.2 Å². The SMILES string of the molecule is CCOC(=O)c1coc(OC2CC(CN)C2)n1. The van der Waals surface area contributed by atoms with Crippen LogP contribution in [0.4, 0.5) is 0 Å².